The van der Waals surface area contributed by atoms with Gasteiger partial charge >= 0.3 is 0 Å². The van der Waals surface area contributed by atoms with Crippen molar-refractivity contribution in [2.24, 2.45) is 17.2 Å². The van der Waals surface area contributed by atoms with Gasteiger partial charge in [-0.25, -0.2) is 0 Å². The van der Waals surface area contributed by atoms with E-state index in [1.54, 1.807) is 0 Å². The Morgan fingerprint density at radius 2 is 0.756 bits per heavy atom. The van der Waals surface area contributed by atoms with Gasteiger partial charge in [0.15, 0.2) is 0 Å². The van der Waals surface area contributed by atoms with E-state index in [0.717, 1.165) is 68.7 Å². The minimum Gasteiger partial charge on any atom is -0.330 e. The zero-order valence-electron chi connectivity index (χ0n) is 26.4. The molecule has 0 spiro atoms. The predicted molar refractivity (Wildman–Crippen MR) is 196 cm³/mol. The normalized spacial score (nSPS) is 11.8. The van der Waals surface area contributed by atoms with Crippen LogP contribution < -0.4 is 27.8 Å². The second-order valence-corrected chi connectivity index (χ2v) is 11.3. The summed E-state index contributed by atoms with van der Waals surface area (Å²) < 4.78 is 0. The van der Waals surface area contributed by atoms with E-state index in [-0.39, 0.29) is 0 Å². The summed E-state index contributed by atoms with van der Waals surface area (Å²) in [5.41, 5.74) is 27.7. The van der Waals surface area contributed by atoms with Gasteiger partial charge in [-0.2, -0.15) is 0 Å². The molecule has 4 aromatic carbocycles. The van der Waals surface area contributed by atoms with E-state index in [4.69, 9.17) is 17.2 Å². The molecular formula is C40H49N5. The zero-order valence-corrected chi connectivity index (χ0v) is 26.4. The van der Waals surface area contributed by atoms with Crippen molar-refractivity contribution < 1.29 is 0 Å². The second-order valence-electron chi connectivity index (χ2n) is 11.3. The van der Waals surface area contributed by atoms with Gasteiger partial charge in [0.05, 0.1) is 0 Å². The Hall–Kier alpha value is -4.10. The van der Waals surface area contributed by atoms with Gasteiger partial charge in [-0.3, -0.25) is 0 Å². The summed E-state index contributed by atoms with van der Waals surface area (Å²) in [4.78, 5) is 0. The van der Waals surface area contributed by atoms with Crippen molar-refractivity contribution >= 4 is 36.5 Å². The van der Waals surface area contributed by atoms with Crippen molar-refractivity contribution in [3.63, 3.8) is 0 Å². The summed E-state index contributed by atoms with van der Waals surface area (Å²) in [5.74, 6) is 0. The number of rotatable bonds is 18. The van der Waals surface area contributed by atoms with E-state index in [1.807, 2.05) is 0 Å². The smallest absolute Gasteiger partial charge is 0.0206 e. The molecule has 0 aliphatic rings. The first-order chi connectivity index (χ1) is 22.1. The summed E-state index contributed by atoms with van der Waals surface area (Å²) in [7, 11) is 0. The van der Waals surface area contributed by atoms with Crippen molar-refractivity contribution in [3.8, 4) is 0 Å². The Morgan fingerprint density at radius 1 is 0.400 bits per heavy atom. The fraction of sp³-hybridized carbons (Fsp3) is 0.250. The SMILES string of the molecule is NCCCCc1ccc(/C=C/c2cc(/C=C/c3ccc(CNCCN)cc3)cc(/C=C/c3ccc(CNCCN)cc3)c2)cc1. The molecule has 0 amide bonds. The van der Waals surface area contributed by atoms with Crippen LogP contribution in [-0.2, 0) is 19.5 Å². The van der Waals surface area contributed by atoms with E-state index < -0.39 is 0 Å². The topological polar surface area (TPSA) is 102 Å². The van der Waals surface area contributed by atoms with Crippen LogP contribution in [0.25, 0.3) is 36.5 Å². The molecule has 5 heteroatoms. The summed E-state index contributed by atoms with van der Waals surface area (Å²) in [6.07, 6.45) is 16.4. The lowest BCUT2D eigenvalue weighted by molar-refractivity contribution is 0.695. The summed E-state index contributed by atoms with van der Waals surface area (Å²) in [6, 6.07) is 32.9. The largest absolute Gasteiger partial charge is 0.330 e. The maximum atomic E-state index is 5.65. The summed E-state index contributed by atoms with van der Waals surface area (Å²) in [6.45, 7) is 5.35. The number of benzene rings is 4. The molecule has 0 bridgehead atoms. The number of aryl methyl sites for hydroxylation is 1. The molecule has 0 unspecified atom stereocenters. The lowest BCUT2D eigenvalue weighted by atomic mass is 10.0. The monoisotopic (exact) mass is 599 g/mol. The molecule has 5 nitrogen and oxygen atoms in total. The van der Waals surface area contributed by atoms with Gasteiger partial charge in [0.25, 0.3) is 0 Å². The Morgan fingerprint density at radius 3 is 1.11 bits per heavy atom. The van der Waals surface area contributed by atoms with Crippen molar-refractivity contribution in [1.82, 2.24) is 10.6 Å². The van der Waals surface area contributed by atoms with E-state index in [9.17, 15) is 0 Å². The standard InChI is InChI=1S/C40H49N5/c41-22-2-1-3-32-4-6-33(7-5-32)12-19-38-27-39(20-13-34-8-15-36(16-9-34)30-44-25-23-42)29-40(28-38)21-14-35-10-17-37(18-11-35)31-45-26-24-43/h4-21,27-29,44-45H,1-3,22-26,30-31,41-43H2/b19-12+,20-13+,21-14+. The second kappa shape index (κ2) is 19.3. The van der Waals surface area contributed by atoms with E-state index >= 15 is 0 Å². The molecule has 0 aliphatic heterocycles. The predicted octanol–water partition coefficient (Wildman–Crippen LogP) is 6.58. The third-order valence-corrected chi connectivity index (χ3v) is 7.56. The molecular weight excluding hydrogens is 550 g/mol. The minimum atomic E-state index is 0.647. The van der Waals surface area contributed by atoms with Gasteiger partial charge in [-0.15, -0.1) is 0 Å². The average molecular weight is 600 g/mol. The van der Waals surface area contributed by atoms with Gasteiger partial charge in [0.2, 0.25) is 0 Å². The average Bonchev–Trinajstić information content (AvgIpc) is 3.07. The van der Waals surface area contributed by atoms with Crippen molar-refractivity contribution in [1.29, 1.82) is 0 Å². The Kier molecular flexibility index (Phi) is 14.5. The van der Waals surface area contributed by atoms with Crippen LogP contribution in [0.3, 0.4) is 0 Å². The van der Waals surface area contributed by atoms with Crippen molar-refractivity contribution in [2.45, 2.75) is 32.4 Å². The maximum absolute atomic E-state index is 5.65. The highest BCUT2D eigenvalue weighted by molar-refractivity contribution is 5.78. The Bertz CT molecular complexity index is 1300. The van der Waals surface area contributed by atoms with E-state index in [1.165, 1.54) is 33.4 Å². The highest BCUT2D eigenvalue weighted by Crippen LogP contribution is 2.20. The first-order valence-corrected chi connectivity index (χ1v) is 16.1. The fourth-order valence-electron chi connectivity index (χ4n) is 5.00. The molecule has 0 fully saturated rings. The van der Waals surface area contributed by atoms with Crippen LogP contribution in [0.2, 0.25) is 0 Å². The summed E-state index contributed by atoms with van der Waals surface area (Å²) >= 11 is 0. The van der Waals surface area contributed by atoms with Crippen LogP contribution in [0.5, 0.6) is 0 Å². The van der Waals surface area contributed by atoms with Crippen LogP contribution in [0.4, 0.5) is 0 Å². The fourth-order valence-corrected chi connectivity index (χ4v) is 5.00. The lowest BCUT2D eigenvalue weighted by Crippen LogP contribution is -2.21. The number of nitrogens with two attached hydrogens (primary N) is 3. The molecule has 8 N–H and O–H groups in total. The number of hydrogen-bond donors (Lipinski definition) is 5. The van der Waals surface area contributed by atoms with Crippen LogP contribution >= 0.6 is 0 Å². The molecule has 234 valence electrons. The van der Waals surface area contributed by atoms with Gasteiger partial charge in [0, 0.05) is 39.3 Å². The molecule has 0 saturated carbocycles. The molecule has 0 aromatic heterocycles. The third-order valence-electron chi connectivity index (χ3n) is 7.56. The molecule has 0 saturated heterocycles. The zero-order chi connectivity index (χ0) is 31.5. The molecule has 0 radical (unpaired) electrons. The van der Waals surface area contributed by atoms with Crippen LogP contribution in [0, 0.1) is 0 Å². The molecule has 4 rings (SSSR count). The molecule has 0 atom stereocenters. The highest BCUT2D eigenvalue weighted by atomic mass is 14.9. The van der Waals surface area contributed by atoms with Gasteiger partial charge in [-0.1, -0.05) is 109 Å². The third kappa shape index (κ3) is 12.4. The Labute approximate surface area is 269 Å². The molecule has 0 heterocycles. The van der Waals surface area contributed by atoms with E-state index in [2.05, 4.69) is 138 Å². The Balaban J connectivity index is 1.51. The highest BCUT2D eigenvalue weighted by Gasteiger charge is 2.00. The molecule has 45 heavy (non-hydrogen) atoms. The molecule has 0 aliphatic carbocycles. The van der Waals surface area contributed by atoms with Crippen molar-refractivity contribution in [2.75, 3.05) is 32.7 Å². The van der Waals surface area contributed by atoms with Crippen LogP contribution in [0.15, 0.2) is 91.0 Å². The first-order valence-electron chi connectivity index (χ1n) is 16.1. The lowest BCUT2D eigenvalue weighted by Gasteiger charge is -2.05. The van der Waals surface area contributed by atoms with Gasteiger partial charge in [-0.05, 0) is 94.1 Å². The van der Waals surface area contributed by atoms with Crippen molar-refractivity contribution in [3.05, 3.63) is 141 Å². The summed E-state index contributed by atoms with van der Waals surface area (Å²) in [5, 5.41) is 6.69. The van der Waals surface area contributed by atoms with Crippen LogP contribution in [-0.4, -0.2) is 32.7 Å². The number of nitrogens with one attached hydrogen (secondary N) is 2. The van der Waals surface area contributed by atoms with Gasteiger partial charge < -0.3 is 27.8 Å². The maximum Gasteiger partial charge on any atom is 0.0206 e. The van der Waals surface area contributed by atoms with Gasteiger partial charge in [0.1, 0.15) is 0 Å². The van der Waals surface area contributed by atoms with Crippen LogP contribution in [0.1, 0.15) is 62.9 Å². The molecule has 4 aromatic rings. The van der Waals surface area contributed by atoms with E-state index in [0.29, 0.717) is 13.1 Å². The minimum absolute atomic E-state index is 0.647. The quantitative estimate of drug-likeness (QED) is 0.0657. The number of hydrogen-bond acceptors (Lipinski definition) is 5. The first kappa shape index (κ1) is 33.8. The number of unbranched alkanes of at least 4 members (excludes halogenated alkanes) is 1.